The molecule has 3 aliphatic rings. The number of aromatic nitrogens is 1. The standard InChI is InChI=1S/C27H35FN4O2/c1-17-24-22(26(33)32(17)20-5-4-10-29-14-20)7-6-21(25(24)28)23-13-18(8-11-30-23)15-31-12-9-19(16-31)27(2,3)34/h6-8,11,13,17,19-20,29,34H,4-5,9-10,12,14-16H2,1-3H3/t17-,19+,20+/m1/s1. The van der Waals surface area contributed by atoms with Crippen LogP contribution in [0.1, 0.15) is 67.6 Å². The van der Waals surface area contributed by atoms with Gasteiger partial charge < -0.3 is 15.3 Å². The van der Waals surface area contributed by atoms with E-state index in [9.17, 15) is 9.90 Å². The number of piperidine rings is 1. The number of carbonyl (C=O) groups is 1. The first-order chi connectivity index (χ1) is 16.2. The molecule has 182 valence electrons. The number of halogens is 1. The molecule has 34 heavy (non-hydrogen) atoms. The minimum absolute atomic E-state index is 0.0706. The predicted octanol–water partition coefficient (Wildman–Crippen LogP) is 3.75. The maximum absolute atomic E-state index is 15.9. The van der Waals surface area contributed by atoms with Gasteiger partial charge in [-0.05, 0) is 83.0 Å². The van der Waals surface area contributed by atoms with Crippen molar-refractivity contribution in [3.63, 3.8) is 0 Å². The highest BCUT2D eigenvalue weighted by Gasteiger charge is 2.41. The van der Waals surface area contributed by atoms with Crippen LogP contribution in [0, 0.1) is 11.7 Å². The summed E-state index contributed by atoms with van der Waals surface area (Å²) in [5.74, 6) is -0.152. The molecule has 0 aliphatic carbocycles. The van der Waals surface area contributed by atoms with Crippen LogP contribution in [-0.4, -0.2) is 63.6 Å². The Hall–Kier alpha value is -2.35. The van der Waals surface area contributed by atoms with Crippen molar-refractivity contribution in [3.8, 4) is 11.3 Å². The summed E-state index contributed by atoms with van der Waals surface area (Å²) in [4.78, 5) is 21.8. The molecule has 7 heteroatoms. The van der Waals surface area contributed by atoms with E-state index in [-0.39, 0.29) is 29.7 Å². The molecule has 3 aliphatic heterocycles. The number of amides is 1. The van der Waals surface area contributed by atoms with Crippen LogP contribution in [0.15, 0.2) is 30.5 Å². The zero-order chi connectivity index (χ0) is 24.0. The number of aliphatic hydroxyl groups is 1. The molecule has 1 aromatic heterocycles. The number of nitrogens with zero attached hydrogens (tertiary/aromatic N) is 3. The van der Waals surface area contributed by atoms with E-state index in [4.69, 9.17) is 0 Å². The molecule has 4 heterocycles. The molecular formula is C27H35FN4O2. The Kier molecular flexibility index (Phi) is 6.21. The van der Waals surface area contributed by atoms with E-state index < -0.39 is 5.60 Å². The second-order valence-electron chi connectivity index (χ2n) is 10.7. The van der Waals surface area contributed by atoms with Crippen LogP contribution in [-0.2, 0) is 6.54 Å². The number of carbonyl (C=O) groups excluding carboxylic acids is 1. The fourth-order valence-electron chi connectivity index (χ4n) is 5.92. The summed E-state index contributed by atoms with van der Waals surface area (Å²) in [6, 6.07) is 7.20. The lowest BCUT2D eigenvalue weighted by Crippen LogP contribution is -2.47. The summed E-state index contributed by atoms with van der Waals surface area (Å²) in [7, 11) is 0. The molecular weight excluding hydrogens is 431 g/mol. The van der Waals surface area contributed by atoms with Gasteiger partial charge in [-0.25, -0.2) is 4.39 Å². The molecule has 2 saturated heterocycles. The first kappa shape index (κ1) is 23.4. The molecule has 1 amide bonds. The van der Waals surface area contributed by atoms with E-state index >= 15 is 4.39 Å². The average molecular weight is 467 g/mol. The van der Waals surface area contributed by atoms with Gasteiger partial charge in [0.25, 0.3) is 5.91 Å². The van der Waals surface area contributed by atoms with Crippen molar-refractivity contribution in [2.45, 2.75) is 64.3 Å². The molecule has 3 atom stereocenters. The van der Waals surface area contributed by atoms with Crippen molar-refractivity contribution >= 4 is 5.91 Å². The lowest BCUT2D eigenvalue weighted by molar-refractivity contribution is 0.0207. The summed E-state index contributed by atoms with van der Waals surface area (Å²) < 4.78 is 15.9. The van der Waals surface area contributed by atoms with Gasteiger partial charge in [-0.15, -0.1) is 0 Å². The van der Waals surface area contributed by atoms with Crippen LogP contribution in [0.5, 0.6) is 0 Å². The monoisotopic (exact) mass is 466 g/mol. The summed E-state index contributed by atoms with van der Waals surface area (Å²) in [5, 5.41) is 13.7. The largest absolute Gasteiger partial charge is 0.390 e. The highest BCUT2D eigenvalue weighted by Crippen LogP contribution is 2.40. The number of pyridine rings is 1. The minimum atomic E-state index is -0.679. The van der Waals surface area contributed by atoms with Gasteiger partial charge in [0.05, 0.1) is 17.3 Å². The third-order valence-corrected chi connectivity index (χ3v) is 7.92. The highest BCUT2D eigenvalue weighted by atomic mass is 19.1. The molecule has 2 aromatic rings. The van der Waals surface area contributed by atoms with Gasteiger partial charge in [-0.3, -0.25) is 14.7 Å². The minimum Gasteiger partial charge on any atom is -0.390 e. The summed E-state index contributed by atoms with van der Waals surface area (Å²) in [6.07, 6.45) is 4.67. The van der Waals surface area contributed by atoms with Crippen LogP contribution in [0.4, 0.5) is 4.39 Å². The van der Waals surface area contributed by atoms with Gasteiger partial charge in [0.2, 0.25) is 0 Å². The van der Waals surface area contributed by atoms with Crippen molar-refractivity contribution in [1.29, 1.82) is 0 Å². The number of fused-ring (bicyclic) bond motifs is 1. The van der Waals surface area contributed by atoms with E-state index in [1.54, 1.807) is 18.3 Å². The summed E-state index contributed by atoms with van der Waals surface area (Å²) in [5.41, 5.74) is 2.40. The third-order valence-electron chi connectivity index (χ3n) is 7.92. The zero-order valence-corrected chi connectivity index (χ0v) is 20.4. The number of rotatable bonds is 5. The van der Waals surface area contributed by atoms with E-state index in [2.05, 4.69) is 15.2 Å². The fraction of sp³-hybridized carbons (Fsp3) is 0.556. The molecule has 2 fully saturated rings. The summed E-state index contributed by atoms with van der Waals surface area (Å²) >= 11 is 0. The highest BCUT2D eigenvalue weighted by molar-refractivity contribution is 6.00. The lowest BCUT2D eigenvalue weighted by atomic mass is 9.90. The van der Waals surface area contributed by atoms with Crippen molar-refractivity contribution in [1.82, 2.24) is 20.1 Å². The second kappa shape index (κ2) is 9.02. The fourth-order valence-corrected chi connectivity index (χ4v) is 5.92. The van der Waals surface area contributed by atoms with Crippen LogP contribution >= 0.6 is 0 Å². The molecule has 6 nitrogen and oxygen atoms in total. The number of nitrogens with one attached hydrogen (secondary N) is 1. The summed E-state index contributed by atoms with van der Waals surface area (Å²) in [6.45, 7) is 9.93. The number of hydrogen-bond acceptors (Lipinski definition) is 5. The maximum Gasteiger partial charge on any atom is 0.255 e. The number of benzene rings is 1. The van der Waals surface area contributed by atoms with Crippen molar-refractivity contribution in [2.24, 2.45) is 5.92 Å². The number of likely N-dealkylation sites (tertiary alicyclic amines) is 1. The third kappa shape index (κ3) is 4.25. The molecule has 0 unspecified atom stereocenters. The Morgan fingerprint density at radius 1 is 1.24 bits per heavy atom. The molecule has 0 bridgehead atoms. The van der Waals surface area contributed by atoms with Gasteiger partial charge in [-0.1, -0.05) is 0 Å². The predicted molar refractivity (Wildman–Crippen MR) is 130 cm³/mol. The smallest absolute Gasteiger partial charge is 0.255 e. The Morgan fingerprint density at radius 2 is 2.03 bits per heavy atom. The first-order valence-corrected chi connectivity index (χ1v) is 12.5. The topological polar surface area (TPSA) is 68.7 Å². The van der Waals surface area contributed by atoms with Crippen LogP contribution < -0.4 is 5.32 Å². The first-order valence-electron chi connectivity index (χ1n) is 12.5. The van der Waals surface area contributed by atoms with E-state index in [1.807, 2.05) is 37.8 Å². The Balaban J connectivity index is 1.38. The van der Waals surface area contributed by atoms with Crippen molar-refractivity contribution in [2.75, 3.05) is 26.2 Å². The molecule has 2 N–H and O–H groups in total. The molecule has 0 saturated carbocycles. The van der Waals surface area contributed by atoms with Gasteiger partial charge in [0, 0.05) is 54.5 Å². The average Bonchev–Trinajstić information content (AvgIpc) is 3.38. The maximum atomic E-state index is 15.9. The normalized spacial score (nSPS) is 25.7. The van der Waals surface area contributed by atoms with Crippen LogP contribution in [0.25, 0.3) is 11.3 Å². The van der Waals surface area contributed by atoms with E-state index in [0.29, 0.717) is 22.4 Å². The second-order valence-corrected chi connectivity index (χ2v) is 10.7. The molecule has 1 aromatic carbocycles. The molecule has 0 spiro atoms. The van der Waals surface area contributed by atoms with Gasteiger partial charge >= 0.3 is 0 Å². The van der Waals surface area contributed by atoms with Gasteiger partial charge in [0.1, 0.15) is 5.82 Å². The zero-order valence-electron chi connectivity index (χ0n) is 20.4. The number of hydrogen-bond donors (Lipinski definition) is 2. The quantitative estimate of drug-likeness (QED) is 0.703. The van der Waals surface area contributed by atoms with Gasteiger partial charge in [0.15, 0.2) is 0 Å². The van der Waals surface area contributed by atoms with Crippen molar-refractivity contribution in [3.05, 3.63) is 53.0 Å². The molecule has 0 radical (unpaired) electrons. The SMILES string of the molecule is C[C@@H]1c2c(ccc(-c3cc(CN4CC[C@H](C(C)(C)O)C4)ccn3)c2F)C(=O)N1[C@H]1CCCNC1. The van der Waals surface area contributed by atoms with Crippen LogP contribution in [0.3, 0.4) is 0 Å². The Morgan fingerprint density at radius 3 is 2.74 bits per heavy atom. The van der Waals surface area contributed by atoms with Crippen molar-refractivity contribution < 1.29 is 14.3 Å². The van der Waals surface area contributed by atoms with Crippen LogP contribution in [0.2, 0.25) is 0 Å². The van der Waals surface area contributed by atoms with E-state index in [1.165, 1.54) is 0 Å². The van der Waals surface area contributed by atoms with E-state index in [0.717, 1.165) is 57.5 Å². The Labute approximate surface area is 201 Å². The Bertz CT molecular complexity index is 1080. The van der Waals surface area contributed by atoms with Gasteiger partial charge in [-0.2, -0.15) is 0 Å². The lowest BCUT2D eigenvalue weighted by Gasteiger charge is -2.34. The molecule has 5 rings (SSSR count).